The molecule has 0 unspecified atom stereocenters. The largest absolute Gasteiger partial charge is 0.493 e. The van der Waals surface area contributed by atoms with Crippen LogP contribution in [0.4, 0.5) is 5.69 Å². The Morgan fingerprint density at radius 1 is 1.06 bits per heavy atom. The van der Waals surface area contributed by atoms with Gasteiger partial charge < -0.3 is 30.2 Å². The predicted molar refractivity (Wildman–Crippen MR) is 196 cm³/mol. The second kappa shape index (κ2) is 16.3. The summed E-state index contributed by atoms with van der Waals surface area (Å²) in [4.78, 5) is 40.6. The lowest BCUT2D eigenvalue weighted by molar-refractivity contribution is -0.123. The number of aryl methyl sites for hydroxylation is 1. The average Bonchev–Trinajstić information content (AvgIpc) is 3.41. The number of pyridine rings is 1. The number of nitrogens with one attached hydrogen (secondary N) is 3. The van der Waals surface area contributed by atoms with Crippen molar-refractivity contribution < 1.29 is 23.8 Å². The molecule has 0 saturated carbocycles. The van der Waals surface area contributed by atoms with Gasteiger partial charge in [-0.25, -0.2) is 0 Å². The minimum Gasteiger partial charge on any atom is -0.493 e. The number of amides is 2. The third-order valence-corrected chi connectivity index (χ3v) is 9.95. The highest BCUT2D eigenvalue weighted by Gasteiger charge is 2.31. The number of methoxy groups -OCH3 is 3. The topological polar surface area (TPSA) is 145 Å². The van der Waals surface area contributed by atoms with Gasteiger partial charge in [-0.3, -0.25) is 18.8 Å². The summed E-state index contributed by atoms with van der Waals surface area (Å²) in [5, 5.41) is 18.3. The van der Waals surface area contributed by atoms with Crippen LogP contribution >= 0.6 is 11.8 Å². The molecule has 4 atom stereocenters. The first-order valence-electron chi connectivity index (χ1n) is 16.8. The van der Waals surface area contributed by atoms with Crippen molar-refractivity contribution in [3.8, 4) is 28.4 Å². The molecule has 4 aromatic rings. The monoisotopic (exact) mass is 702 g/mol. The van der Waals surface area contributed by atoms with Crippen molar-refractivity contribution in [2.24, 2.45) is 5.92 Å². The van der Waals surface area contributed by atoms with Crippen molar-refractivity contribution in [1.82, 2.24) is 25.2 Å². The minimum atomic E-state index is -0.733. The number of hydrogen-bond acceptors (Lipinski definition) is 10. The Morgan fingerprint density at radius 2 is 1.84 bits per heavy atom. The van der Waals surface area contributed by atoms with Crippen molar-refractivity contribution in [3.63, 3.8) is 0 Å². The number of hydrogen-bond donors (Lipinski definition) is 3. The van der Waals surface area contributed by atoms with Crippen LogP contribution in [0.5, 0.6) is 17.2 Å². The van der Waals surface area contributed by atoms with Crippen molar-refractivity contribution >= 4 is 34.9 Å². The first-order chi connectivity index (χ1) is 24.1. The van der Waals surface area contributed by atoms with Crippen LogP contribution in [0, 0.1) is 5.92 Å². The second-order valence-electron chi connectivity index (χ2n) is 12.4. The number of nitrogens with zero attached hydrogens (tertiary/aromatic N) is 3. The van der Waals surface area contributed by atoms with Gasteiger partial charge in [0.25, 0.3) is 0 Å². The smallest absolute Gasteiger partial charge is 0.243 e. The fourth-order valence-corrected chi connectivity index (χ4v) is 7.03. The van der Waals surface area contributed by atoms with E-state index in [1.54, 1.807) is 45.2 Å². The number of ether oxygens (including phenoxy) is 3. The van der Waals surface area contributed by atoms with Crippen LogP contribution in [0.2, 0.25) is 0 Å². The van der Waals surface area contributed by atoms with E-state index in [1.807, 2.05) is 61.0 Å². The highest BCUT2D eigenvalue weighted by atomic mass is 32.2. The summed E-state index contributed by atoms with van der Waals surface area (Å²) in [5.74, 6) is 2.28. The average molecular weight is 703 g/mol. The molecule has 0 spiro atoms. The van der Waals surface area contributed by atoms with Gasteiger partial charge in [-0.15, -0.1) is 10.2 Å². The van der Waals surface area contributed by atoms with E-state index in [4.69, 9.17) is 14.2 Å². The molecule has 1 aliphatic rings. The number of anilines is 1. The number of carbonyl (C=O) groups is 2. The molecule has 1 aliphatic carbocycles. The molecule has 2 heterocycles. The maximum Gasteiger partial charge on any atom is 0.243 e. The molecule has 266 valence electrons. The lowest BCUT2D eigenvalue weighted by atomic mass is 9.95. The van der Waals surface area contributed by atoms with E-state index in [9.17, 15) is 14.4 Å². The van der Waals surface area contributed by atoms with Crippen LogP contribution in [0.25, 0.3) is 16.8 Å². The van der Waals surface area contributed by atoms with Gasteiger partial charge in [0.15, 0.2) is 23.0 Å². The van der Waals surface area contributed by atoms with Gasteiger partial charge in [0, 0.05) is 18.7 Å². The maximum atomic E-state index is 14.2. The van der Waals surface area contributed by atoms with Crippen LogP contribution in [0.3, 0.4) is 0 Å². The Bertz CT molecular complexity index is 1920. The zero-order chi connectivity index (χ0) is 35.9. The molecule has 3 N–H and O–H groups in total. The van der Waals surface area contributed by atoms with Crippen LogP contribution in [0.1, 0.15) is 69.1 Å². The molecule has 2 amide bonds. The number of rotatable bonds is 14. The van der Waals surface area contributed by atoms with Gasteiger partial charge in [-0.1, -0.05) is 32.4 Å². The van der Waals surface area contributed by atoms with Crippen molar-refractivity contribution in [1.29, 1.82) is 0 Å². The van der Waals surface area contributed by atoms with Crippen LogP contribution in [-0.2, 0) is 16.0 Å². The van der Waals surface area contributed by atoms with E-state index < -0.39 is 18.1 Å². The summed E-state index contributed by atoms with van der Waals surface area (Å²) >= 11 is 1.69. The SMILES string of the molecule is CC[C@@H](C)[C@H](Nc1ccc2c(cc1=O)[C@@H](NC(C)=O)CCc1cc(OC)c(OC)c(OC)c1-2)C(=O)N[C@@H](CCSC)c1nnc2ccccn12. The molecule has 12 nitrogen and oxygen atoms in total. The minimum absolute atomic E-state index is 0.126. The van der Waals surface area contributed by atoms with Crippen molar-refractivity contribution in [3.05, 3.63) is 75.8 Å². The van der Waals surface area contributed by atoms with Crippen LogP contribution in [0.15, 0.2) is 53.5 Å². The lowest BCUT2D eigenvalue weighted by Crippen LogP contribution is -2.46. The maximum absolute atomic E-state index is 14.2. The number of fused-ring (bicyclic) bond motifs is 4. The third-order valence-electron chi connectivity index (χ3n) is 9.30. The standard InChI is InChI=1S/C37H46N6O6S/c1-8-21(2)33(37(46)40-28(16-18-50-7)36-42-41-31-11-9-10-17-43(31)36)39-27-15-13-24-25(20-29(27)45)26(38-22(3)44)14-12-23-19-30(47-4)34(48-5)35(49-6)32(23)24/h9-11,13,15,17,19-21,26,28,33H,8,12,14,16,18H2,1-7H3,(H,38,44)(H,39,45)(H,40,46)/t21-,26+,28+,33+/m1/s1. The Balaban J connectivity index is 1.58. The zero-order valence-corrected chi connectivity index (χ0v) is 30.5. The van der Waals surface area contributed by atoms with E-state index in [2.05, 4.69) is 26.1 Å². The second-order valence-corrected chi connectivity index (χ2v) is 13.4. The first-order valence-corrected chi connectivity index (χ1v) is 18.2. The van der Waals surface area contributed by atoms with E-state index in [0.29, 0.717) is 65.5 Å². The Labute approximate surface area is 296 Å². The van der Waals surface area contributed by atoms with Gasteiger partial charge >= 0.3 is 0 Å². The molecule has 0 saturated heterocycles. The van der Waals surface area contributed by atoms with E-state index in [0.717, 1.165) is 16.9 Å². The van der Waals surface area contributed by atoms with Gasteiger partial charge in [0.2, 0.25) is 23.0 Å². The molecule has 0 fully saturated rings. The molecular formula is C37H46N6O6S. The predicted octanol–water partition coefficient (Wildman–Crippen LogP) is 5.34. The quantitative estimate of drug-likeness (QED) is 0.157. The fraction of sp³-hybridized carbons (Fsp3) is 0.432. The summed E-state index contributed by atoms with van der Waals surface area (Å²) in [6.45, 7) is 5.46. The zero-order valence-electron chi connectivity index (χ0n) is 29.7. The molecule has 0 bridgehead atoms. The number of aromatic nitrogens is 3. The van der Waals surface area contributed by atoms with E-state index in [-0.39, 0.29) is 28.8 Å². The molecule has 0 aliphatic heterocycles. The Morgan fingerprint density at radius 3 is 2.52 bits per heavy atom. The molecule has 5 rings (SSSR count). The number of benzene rings is 1. The Hall–Kier alpha value is -4.78. The first kappa shape index (κ1) is 36.5. The van der Waals surface area contributed by atoms with Crippen molar-refractivity contribution in [2.75, 3.05) is 38.7 Å². The summed E-state index contributed by atoms with van der Waals surface area (Å²) < 4.78 is 19.1. The fourth-order valence-electron chi connectivity index (χ4n) is 6.56. The van der Waals surface area contributed by atoms with Gasteiger partial charge in [-0.05, 0) is 84.2 Å². The molecular weight excluding hydrogens is 657 g/mol. The Kier molecular flexibility index (Phi) is 11.9. The summed E-state index contributed by atoms with van der Waals surface area (Å²) in [6.07, 6.45) is 6.37. The van der Waals surface area contributed by atoms with Gasteiger partial charge in [0.1, 0.15) is 6.04 Å². The van der Waals surface area contributed by atoms with E-state index in [1.165, 1.54) is 6.92 Å². The molecule has 0 radical (unpaired) electrons. The molecule has 13 heteroatoms. The lowest BCUT2D eigenvalue weighted by Gasteiger charge is -2.26. The number of carbonyl (C=O) groups excluding carboxylic acids is 2. The number of thioether (sulfide) groups is 1. The molecule has 2 aromatic carbocycles. The van der Waals surface area contributed by atoms with Crippen LogP contribution < -0.4 is 35.6 Å². The van der Waals surface area contributed by atoms with Gasteiger partial charge in [0.05, 0.1) is 39.1 Å². The summed E-state index contributed by atoms with van der Waals surface area (Å²) in [5.41, 5.74) is 3.67. The highest BCUT2D eigenvalue weighted by molar-refractivity contribution is 7.98. The van der Waals surface area contributed by atoms with Gasteiger partial charge in [-0.2, -0.15) is 11.8 Å². The highest BCUT2D eigenvalue weighted by Crippen LogP contribution is 2.50. The van der Waals surface area contributed by atoms with Crippen molar-refractivity contribution in [2.45, 2.75) is 64.6 Å². The summed E-state index contributed by atoms with van der Waals surface area (Å²) in [7, 11) is 4.68. The normalized spacial score (nSPS) is 15.5. The van der Waals surface area contributed by atoms with Crippen LogP contribution in [-0.4, -0.2) is 65.8 Å². The molecule has 50 heavy (non-hydrogen) atoms. The summed E-state index contributed by atoms with van der Waals surface area (Å²) in [6, 6.07) is 11.1. The third kappa shape index (κ3) is 7.52. The van der Waals surface area contributed by atoms with E-state index >= 15 is 0 Å². The molecule has 2 aromatic heterocycles.